The van der Waals surface area contributed by atoms with Crippen LogP contribution in [0.1, 0.15) is 23.1 Å². The van der Waals surface area contributed by atoms with Crippen LogP contribution in [0.4, 0.5) is 21.5 Å². The molecule has 0 atom stereocenters. The van der Waals surface area contributed by atoms with E-state index in [4.69, 9.17) is 5.11 Å². The maximum absolute atomic E-state index is 13.9. The van der Waals surface area contributed by atoms with Gasteiger partial charge >= 0.3 is 5.97 Å². The second kappa shape index (κ2) is 11.8. The van der Waals surface area contributed by atoms with E-state index in [1.807, 2.05) is 0 Å². The van der Waals surface area contributed by atoms with Crippen molar-refractivity contribution in [3.8, 4) is 0 Å². The summed E-state index contributed by atoms with van der Waals surface area (Å²) in [6.45, 7) is -0.365. The molecular formula is C29H29FN4O6S. The van der Waals surface area contributed by atoms with E-state index in [2.05, 4.69) is 10.6 Å². The van der Waals surface area contributed by atoms with Gasteiger partial charge < -0.3 is 20.6 Å². The number of aryl methyl sites for hydroxylation is 1. The fourth-order valence-corrected chi connectivity index (χ4v) is 5.13. The van der Waals surface area contributed by atoms with Gasteiger partial charge in [0.25, 0.3) is 5.91 Å². The van der Waals surface area contributed by atoms with Gasteiger partial charge in [-0.2, -0.15) is 0 Å². The van der Waals surface area contributed by atoms with Gasteiger partial charge in [-0.1, -0.05) is 24.3 Å². The zero-order valence-corrected chi connectivity index (χ0v) is 23.5. The number of hydrogen-bond donors (Lipinski definition) is 3. The zero-order valence-electron chi connectivity index (χ0n) is 22.6. The van der Waals surface area contributed by atoms with Crippen LogP contribution in [0.25, 0.3) is 11.3 Å². The molecule has 0 saturated heterocycles. The number of benzene rings is 3. The molecule has 3 aromatic carbocycles. The Morgan fingerprint density at radius 2 is 1.66 bits per heavy atom. The van der Waals surface area contributed by atoms with Crippen molar-refractivity contribution in [2.45, 2.75) is 12.8 Å². The lowest BCUT2D eigenvalue weighted by Crippen LogP contribution is -2.39. The molecule has 12 heteroatoms. The summed E-state index contributed by atoms with van der Waals surface area (Å²) in [7, 11) is -0.687. The first-order valence-corrected chi connectivity index (χ1v) is 14.4. The molecule has 1 aliphatic rings. The Kier molecular flexibility index (Phi) is 8.43. The minimum Gasteiger partial charge on any atom is -0.481 e. The van der Waals surface area contributed by atoms with Crippen LogP contribution in [0.2, 0.25) is 0 Å². The van der Waals surface area contributed by atoms with Crippen molar-refractivity contribution >= 4 is 56.1 Å². The van der Waals surface area contributed by atoms with Crippen molar-refractivity contribution in [2.24, 2.45) is 0 Å². The van der Waals surface area contributed by atoms with Crippen LogP contribution < -0.4 is 14.9 Å². The van der Waals surface area contributed by atoms with Gasteiger partial charge in [-0.25, -0.2) is 12.8 Å². The van der Waals surface area contributed by atoms with E-state index in [1.165, 1.54) is 37.2 Å². The van der Waals surface area contributed by atoms with Crippen LogP contribution in [0, 0.1) is 5.82 Å². The van der Waals surface area contributed by atoms with Gasteiger partial charge in [0.2, 0.25) is 15.9 Å². The molecule has 3 aromatic rings. The number of nitrogens with one attached hydrogen (secondary N) is 2. The minimum atomic E-state index is -3.76. The van der Waals surface area contributed by atoms with Crippen molar-refractivity contribution in [1.29, 1.82) is 0 Å². The van der Waals surface area contributed by atoms with Gasteiger partial charge in [-0.3, -0.25) is 18.7 Å². The molecule has 2 amide bonds. The minimum absolute atomic E-state index is 0.0239. The summed E-state index contributed by atoms with van der Waals surface area (Å²) in [5.74, 6) is -2.24. The fraction of sp³-hybridized carbons (Fsp3) is 0.207. The summed E-state index contributed by atoms with van der Waals surface area (Å²) in [6.07, 6.45) is 1.33. The van der Waals surface area contributed by atoms with Crippen molar-refractivity contribution < 1.29 is 32.3 Å². The van der Waals surface area contributed by atoms with Gasteiger partial charge in [0.15, 0.2) is 0 Å². The molecule has 1 aliphatic heterocycles. The maximum atomic E-state index is 13.9. The average molecular weight is 581 g/mol. The molecule has 0 fully saturated rings. The summed E-state index contributed by atoms with van der Waals surface area (Å²) in [4.78, 5) is 37.6. The summed E-state index contributed by atoms with van der Waals surface area (Å²) in [6, 6.07) is 17.4. The molecule has 0 spiro atoms. The highest BCUT2D eigenvalue weighted by molar-refractivity contribution is 7.92. The number of carboxylic acids is 1. The normalized spacial score (nSPS) is 13.7. The van der Waals surface area contributed by atoms with E-state index in [0.717, 1.165) is 16.1 Å². The average Bonchev–Trinajstić information content (AvgIpc) is 3.23. The first-order valence-electron chi connectivity index (χ1n) is 12.5. The predicted octanol–water partition coefficient (Wildman–Crippen LogP) is 3.63. The molecule has 3 N–H and O–H groups in total. The van der Waals surface area contributed by atoms with Crippen LogP contribution in [-0.2, 0) is 30.8 Å². The lowest BCUT2D eigenvalue weighted by Gasteiger charge is -2.24. The number of rotatable bonds is 10. The van der Waals surface area contributed by atoms with Crippen LogP contribution in [0.15, 0.2) is 66.7 Å². The molecule has 0 saturated carbocycles. The van der Waals surface area contributed by atoms with E-state index in [1.54, 1.807) is 48.5 Å². The van der Waals surface area contributed by atoms with Crippen LogP contribution in [0.3, 0.4) is 0 Å². The quantitative estimate of drug-likeness (QED) is 0.312. The smallest absolute Gasteiger partial charge is 0.303 e. The summed E-state index contributed by atoms with van der Waals surface area (Å²) >= 11 is 0. The first kappa shape index (κ1) is 29.3. The first-order chi connectivity index (χ1) is 19.3. The second-order valence-electron chi connectivity index (χ2n) is 9.71. The fourth-order valence-electron chi connectivity index (χ4n) is 4.28. The Balaban J connectivity index is 1.73. The molecular weight excluding hydrogens is 551 g/mol. The van der Waals surface area contributed by atoms with E-state index in [-0.39, 0.29) is 24.2 Å². The van der Waals surface area contributed by atoms with Crippen molar-refractivity contribution in [3.05, 3.63) is 89.2 Å². The van der Waals surface area contributed by atoms with Gasteiger partial charge in [-0.15, -0.1) is 0 Å². The summed E-state index contributed by atoms with van der Waals surface area (Å²) in [5.41, 5.74) is 3.72. The van der Waals surface area contributed by atoms with Gasteiger partial charge in [0, 0.05) is 31.8 Å². The van der Waals surface area contributed by atoms with Gasteiger partial charge in [-0.05, 0) is 60.0 Å². The molecule has 10 nitrogen and oxygen atoms in total. The van der Waals surface area contributed by atoms with E-state index >= 15 is 0 Å². The molecule has 0 aliphatic carbocycles. The molecule has 0 unspecified atom stereocenters. The molecule has 41 heavy (non-hydrogen) atoms. The van der Waals surface area contributed by atoms with E-state index in [0.29, 0.717) is 34.6 Å². The zero-order chi connectivity index (χ0) is 29.9. The lowest BCUT2D eigenvalue weighted by molar-refractivity contribution is -0.137. The largest absolute Gasteiger partial charge is 0.481 e. The molecule has 4 rings (SSSR count). The highest BCUT2D eigenvalue weighted by Crippen LogP contribution is 2.38. The Hall–Kier alpha value is -4.71. The SMILES string of the molecule is CN(C)C(=O)CN(c1ccc(N/C(=C2\C(=O)Nc3cc(F)ccc32)c2ccc(CCC(=O)O)cc2)cc1)S(C)(=O)=O. The number of aliphatic carboxylic acids is 1. The number of likely N-dealkylation sites (N-methyl/N-ethyl adjacent to an activating group) is 1. The number of nitrogens with zero attached hydrogens (tertiary/aromatic N) is 2. The third-order valence-electron chi connectivity index (χ3n) is 6.45. The van der Waals surface area contributed by atoms with Gasteiger partial charge in [0.1, 0.15) is 12.4 Å². The predicted molar refractivity (Wildman–Crippen MR) is 155 cm³/mol. The number of carboxylic acid groups (broad SMARTS) is 1. The molecule has 0 radical (unpaired) electrons. The highest BCUT2D eigenvalue weighted by Gasteiger charge is 2.29. The monoisotopic (exact) mass is 580 g/mol. The van der Waals surface area contributed by atoms with Crippen molar-refractivity contribution in [1.82, 2.24) is 4.90 Å². The van der Waals surface area contributed by atoms with Gasteiger partial charge in [0.05, 0.1) is 28.9 Å². The number of carbonyl (C=O) groups excluding carboxylic acids is 2. The van der Waals surface area contributed by atoms with E-state index < -0.39 is 33.6 Å². The van der Waals surface area contributed by atoms with E-state index in [9.17, 15) is 27.2 Å². The second-order valence-corrected chi connectivity index (χ2v) is 11.6. The molecule has 0 aromatic heterocycles. The Bertz CT molecular complexity index is 1630. The molecule has 0 bridgehead atoms. The Morgan fingerprint density at radius 3 is 2.24 bits per heavy atom. The van der Waals surface area contributed by atoms with Crippen molar-refractivity contribution in [3.63, 3.8) is 0 Å². The number of sulfonamides is 1. The third-order valence-corrected chi connectivity index (χ3v) is 7.59. The topological polar surface area (TPSA) is 136 Å². The van der Waals surface area contributed by atoms with Crippen LogP contribution >= 0.6 is 0 Å². The lowest BCUT2D eigenvalue weighted by atomic mass is 9.98. The number of anilines is 3. The Morgan fingerprint density at radius 1 is 1.00 bits per heavy atom. The number of halogens is 1. The number of hydrogen-bond acceptors (Lipinski definition) is 6. The van der Waals surface area contributed by atoms with Crippen LogP contribution in [0.5, 0.6) is 0 Å². The standard InChI is InChI=1S/C29H29FN4O6S/c1-33(2)25(35)17-34(41(3,39)40)22-12-10-21(11-13-22)31-28(19-7-4-18(5-8-19)6-15-26(36)37)27-23-14-9-20(30)16-24(23)32-29(27)38/h4-5,7-14,16,31H,6,15,17H2,1-3H3,(H,32,38)(H,36,37)/b28-27-. The maximum Gasteiger partial charge on any atom is 0.303 e. The summed E-state index contributed by atoms with van der Waals surface area (Å²) in [5, 5.41) is 14.9. The Labute approximate surface area is 237 Å². The third kappa shape index (κ3) is 6.90. The van der Waals surface area contributed by atoms with Crippen molar-refractivity contribution in [2.75, 3.05) is 41.8 Å². The number of carbonyl (C=O) groups is 3. The van der Waals surface area contributed by atoms with Crippen LogP contribution in [-0.4, -0.2) is 63.1 Å². The highest BCUT2D eigenvalue weighted by atomic mass is 32.2. The molecule has 1 heterocycles. The number of amides is 2. The molecule has 214 valence electrons. The summed E-state index contributed by atoms with van der Waals surface area (Å²) < 4.78 is 39.7. The number of fused-ring (bicyclic) bond motifs is 1.